The molecule has 0 atom stereocenters. The topological polar surface area (TPSA) is 65.5 Å². The van der Waals surface area contributed by atoms with Crippen molar-refractivity contribution in [3.05, 3.63) is 10.7 Å². The van der Waals surface area contributed by atoms with Gasteiger partial charge in [-0.25, -0.2) is 18.1 Å². The van der Waals surface area contributed by atoms with Crippen LogP contribution in [0.5, 0.6) is 0 Å². The Morgan fingerprint density at radius 1 is 1.38 bits per heavy atom. The third kappa shape index (κ3) is 4.37. The lowest BCUT2D eigenvalue weighted by Crippen LogP contribution is -2.57. The fourth-order valence-electron chi connectivity index (χ4n) is 2.23. The third-order valence-corrected chi connectivity index (χ3v) is 6.75. The number of hydrogen-bond donors (Lipinski definition) is 1. The SMILES string of the molecule is CN1CCN(C(C)(C)CNS(=O)(=O)c2cnc(Cl)s2)CC1. The van der Waals surface area contributed by atoms with E-state index in [0.717, 1.165) is 37.5 Å². The molecule has 0 unspecified atom stereocenters. The van der Waals surface area contributed by atoms with E-state index in [1.54, 1.807) is 0 Å². The molecule has 0 spiro atoms. The molecule has 0 aromatic carbocycles. The Hall–Kier alpha value is -0.250. The van der Waals surface area contributed by atoms with Crippen molar-refractivity contribution in [1.29, 1.82) is 0 Å². The number of likely N-dealkylation sites (N-methyl/N-ethyl adjacent to an activating group) is 1. The summed E-state index contributed by atoms with van der Waals surface area (Å²) in [6.07, 6.45) is 1.29. The Morgan fingerprint density at radius 2 is 2.00 bits per heavy atom. The van der Waals surface area contributed by atoms with Crippen LogP contribution in [0.15, 0.2) is 10.4 Å². The second-order valence-corrected chi connectivity index (χ2v) is 9.47. The van der Waals surface area contributed by atoms with Gasteiger partial charge in [-0.15, -0.1) is 0 Å². The zero-order valence-electron chi connectivity index (χ0n) is 12.5. The quantitative estimate of drug-likeness (QED) is 0.859. The van der Waals surface area contributed by atoms with Crippen molar-refractivity contribution in [2.75, 3.05) is 39.8 Å². The molecule has 1 aromatic heterocycles. The molecule has 1 aliphatic rings. The predicted molar refractivity (Wildman–Crippen MR) is 85.5 cm³/mol. The first-order valence-electron chi connectivity index (χ1n) is 6.75. The van der Waals surface area contributed by atoms with Crippen molar-refractivity contribution in [1.82, 2.24) is 19.5 Å². The lowest BCUT2D eigenvalue weighted by atomic mass is 10.0. The molecule has 0 radical (unpaired) electrons. The van der Waals surface area contributed by atoms with Gasteiger partial charge in [-0.2, -0.15) is 0 Å². The second-order valence-electron chi connectivity index (χ2n) is 5.86. The minimum Gasteiger partial charge on any atom is -0.304 e. The van der Waals surface area contributed by atoms with Crippen LogP contribution < -0.4 is 4.72 Å². The number of nitrogens with one attached hydrogen (secondary N) is 1. The Bertz CT molecular complexity index is 580. The van der Waals surface area contributed by atoms with Crippen LogP contribution in [0.25, 0.3) is 0 Å². The highest BCUT2D eigenvalue weighted by Gasteiger charge is 2.31. The molecule has 0 amide bonds. The summed E-state index contributed by atoms with van der Waals surface area (Å²) in [4.78, 5) is 8.36. The number of piperazine rings is 1. The molecule has 1 N–H and O–H groups in total. The largest absolute Gasteiger partial charge is 0.304 e. The Morgan fingerprint density at radius 3 is 2.52 bits per heavy atom. The highest BCUT2D eigenvalue weighted by molar-refractivity contribution is 7.91. The van der Waals surface area contributed by atoms with Gasteiger partial charge in [0.15, 0.2) is 8.68 Å². The molecule has 1 fully saturated rings. The number of aromatic nitrogens is 1. The minimum atomic E-state index is -3.54. The first-order valence-corrected chi connectivity index (χ1v) is 9.43. The van der Waals surface area contributed by atoms with Crippen molar-refractivity contribution in [3.63, 3.8) is 0 Å². The van der Waals surface area contributed by atoms with E-state index in [1.807, 2.05) is 0 Å². The summed E-state index contributed by atoms with van der Waals surface area (Å²) >= 11 is 6.66. The Labute approximate surface area is 135 Å². The molecule has 2 heterocycles. The fourth-order valence-corrected chi connectivity index (χ4v) is 4.77. The van der Waals surface area contributed by atoms with Gasteiger partial charge in [0.25, 0.3) is 10.0 Å². The molecule has 1 aliphatic heterocycles. The van der Waals surface area contributed by atoms with Crippen molar-refractivity contribution in [2.24, 2.45) is 0 Å². The smallest absolute Gasteiger partial charge is 0.251 e. The summed E-state index contributed by atoms with van der Waals surface area (Å²) in [6.45, 7) is 8.35. The molecule has 9 heteroatoms. The first-order chi connectivity index (χ1) is 9.71. The molecule has 1 aromatic rings. The summed E-state index contributed by atoms with van der Waals surface area (Å²) in [7, 11) is -1.44. The molecule has 2 rings (SSSR count). The maximum atomic E-state index is 12.2. The number of thiazole rings is 1. The molecule has 1 saturated heterocycles. The number of hydrogen-bond acceptors (Lipinski definition) is 6. The van der Waals surface area contributed by atoms with Crippen LogP contribution in [-0.2, 0) is 10.0 Å². The van der Waals surface area contributed by atoms with E-state index in [2.05, 4.69) is 40.4 Å². The number of rotatable bonds is 5. The van der Waals surface area contributed by atoms with Gasteiger partial charge in [0, 0.05) is 38.3 Å². The third-order valence-electron chi connectivity index (χ3n) is 3.78. The minimum absolute atomic E-state index is 0.154. The average molecular weight is 353 g/mol. The van der Waals surface area contributed by atoms with E-state index in [1.165, 1.54) is 6.20 Å². The van der Waals surface area contributed by atoms with Gasteiger partial charge >= 0.3 is 0 Å². The predicted octanol–water partition coefficient (Wildman–Crippen LogP) is 1.10. The summed E-state index contributed by atoms with van der Waals surface area (Å²) in [6, 6.07) is 0. The number of halogens is 1. The molecular weight excluding hydrogens is 332 g/mol. The van der Waals surface area contributed by atoms with Crippen LogP contribution in [0, 0.1) is 0 Å². The summed E-state index contributed by atoms with van der Waals surface area (Å²) in [5.74, 6) is 0. The van der Waals surface area contributed by atoms with Crippen LogP contribution in [0.2, 0.25) is 4.47 Å². The van der Waals surface area contributed by atoms with Gasteiger partial charge in [-0.05, 0) is 20.9 Å². The van der Waals surface area contributed by atoms with Crippen LogP contribution in [0.1, 0.15) is 13.8 Å². The van der Waals surface area contributed by atoms with Crippen LogP contribution in [-0.4, -0.2) is 68.5 Å². The molecule has 0 bridgehead atoms. The Kier molecular flexibility index (Phi) is 5.27. The monoisotopic (exact) mass is 352 g/mol. The van der Waals surface area contributed by atoms with Crippen molar-refractivity contribution >= 4 is 33.0 Å². The Balaban J connectivity index is 1.98. The van der Waals surface area contributed by atoms with Gasteiger partial charge in [-0.1, -0.05) is 22.9 Å². The standard InChI is InChI=1S/C12H21ClN4O2S2/c1-12(2,17-6-4-16(3)5-7-17)9-15-21(18,19)10-8-14-11(13)20-10/h8,15H,4-7,9H2,1-3H3. The van der Waals surface area contributed by atoms with Gasteiger partial charge in [-0.3, -0.25) is 4.90 Å². The second kappa shape index (κ2) is 6.47. The average Bonchev–Trinajstić information content (AvgIpc) is 2.85. The van der Waals surface area contributed by atoms with Gasteiger partial charge in [0.2, 0.25) is 0 Å². The van der Waals surface area contributed by atoms with E-state index in [-0.39, 0.29) is 14.2 Å². The van der Waals surface area contributed by atoms with Crippen molar-refractivity contribution < 1.29 is 8.42 Å². The summed E-state index contributed by atoms with van der Waals surface area (Å²) in [5, 5.41) is 0. The normalized spacial score (nSPS) is 19.0. The van der Waals surface area contributed by atoms with E-state index in [9.17, 15) is 8.42 Å². The maximum Gasteiger partial charge on any atom is 0.251 e. The highest BCUT2D eigenvalue weighted by atomic mass is 35.5. The van der Waals surface area contributed by atoms with Gasteiger partial charge in [0.05, 0.1) is 6.20 Å². The molecule has 0 aliphatic carbocycles. The van der Waals surface area contributed by atoms with Crippen molar-refractivity contribution in [2.45, 2.75) is 23.6 Å². The zero-order chi connectivity index (χ0) is 15.7. The van der Waals surface area contributed by atoms with E-state index in [0.29, 0.717) is 6.54 Å². The molecule has 6 nitrogen and oxygen atoms in total. The summed E-state index contributed by atoms with van der Waals surface area (Å²) < 4.78 is 27.5. The van der Waals surface area contributed by atoms with Gasteiger partial charge < -0.3 is 4.90 Å². The molecular formula is C12H21ClN4O2S2. The van der Waals surface area contributed by atoms with Gasteiger partial charge in [0.1, 0.15) is 0 Å². The molecule has 0 saturated carbocycles. The van der Waals surface area contributed by atoms with Crippen LogP contribution in [0.4, 0.5) is 0 Å². The molecule has 21 heavy (non-hydrogen) atoms. The lowest BCUT2D eigenvalue weighted by Gasteiger charge is -2.43. The van der Waals surface area contributed by atoms with E-state index in [4.69, 9.17) is 11.6 Å². The number of nitrogens with zero attached hydrogens (tertiary/aromatic N) is 3. The molecule has 120 valence electrons. The zero-order valence-corrected chi connectivity index (χ0v) is 14.9. The highest BCUT2D eigenvalue weighted by Crippen LogP contribution is 2.23. The fraction of sp³-hybridized carbons (Fsp3) is 0.750. The van der Waals surface area contributed by atoms with Crippen LogP contribution in [0.3, 0.4) is 0 Å². The van der Waals surface area contributed by atoms with Crippen LogP contribution >= 0.6 is 22.9 Å². The maximum absolute atomic E-state index is 12.2. The van der Waals surface area contributed by atoms with E-state index < -0.39 is 10.0 Å². The summed E-state index contributed by atoms with van der Waals surface area (Å²) in [5.41, 5.74) is -0.233. The van der Waals surface area contributed by atoms with E-state index >= 15 is 0 Å². The number of sulfonamides is 1. The first kappa shape index (κ1) is 17.1. The van der Waals surface area contributed by atoms with Crippen molar-refractivity contribution in [3.8, 4) is 0 Å². The lowest BCUT2D eigenvalue weighted by molar-refractivity contribution is 0.0652.